The third kappa shape index (κ3) is 2.12. The first-order valence-corrected chi connectivity index (χ1v) is 6.45. The van der Waals surface area contributed by atoms with Gasteiger partial charge in [0.05, 0.1) is 12.2 Å². The molecule has 3 atom stereocenters. The van der Waals surface area contributed by atoms with Gasteiger partial charge in [0.2, 0.25) is 0 Å². The molecule has 3 fully saturated rings. The van der Waals surface area contributed by atoms with Crippen molar-refractivity contribution in [2.75, 3.05) is 0 Å². The smallest absolute Gasteiger partial charge is 0.330 e. The molecule has 2 saturated heterocycles. The van der Waals surface area contributed by atoms with Gasteiger partial charge < -0.3 is 9.47 Å². The number of rotatable bonds is 4. The molecule has 0 N–H and O–H groups in total. The minimum atomic E-state index is -0.354. The summed E-state index contributed by atoms with van der Waals surface area (Å²) in [7, 11) is 0. The topological polar surface area (TPSA) is 47.9 Å². The number of carbonyl (C=O) groups excluding carboxylic acids is 1. The van der Waals surface area contributed by atoms with Gasteiger partial charge in [-0.1, -0.05) is 6.58 Å². The van der Waals surface area contributed by atoms with Crippen LogP contribution in [0.5, 0.6) is 0 Å². The molecule has 96 valence electrons. The van der Waals surface area contributed by atoms with Crippen LogP contribution in [0.4, 0.5) is 0 Å². The van der Waals surface area contributed by atoms with Crippen LogP contribution in [-0.4, -0.2) is 30.5 Å². The highest BCUT2D eigenvalue weighted by Gasteiger charge is 2.44. The van der Waals surface area contributed by atoms with Crippen molar-refractivity contribution in [1.82, 2.24) is 0 Å². The van der Waals surface area contributed by atoms with Crippen molar-refractivity contribution in [3.05, 3.63) is 24.4 Å². The predicted octanol–water partition coefficient (Wildman–Crippen LogP) is 2.01. The highest BCUT2D eigenvalue weighted by molar-refractivity contribution is 5.81. The van der Waals surface area contributed by atoms with Gasteiger partial charge in [-0.2, -0.15) is 0 Å². The second kappa shape index (κ2) is 4.69. The van der Waals surface area contributed by atoms with Gasteiger partial charge in [0.25, 0.3) is 0 Å². The predicted molar refractivity (Wildman–Crippen MR) is 67.3 cm³/mol. The van der Waals surface area contributed by atoms with E-state index >= 15 is 0 Å². The molecule has 0 aromatic carbocycles. The molecule has 3 unspecified atom stereocenters. The highest BCUT2D eigenvalue weighted by atomic mass is 16.5. The van der Waals surface area contributed by atoms with Gasteiger partial charge in [0.15, 0.2) is 0 Å². The Labute approximate surface area is 106 Å². The van der Waals surface area contributed by atoms with Crippen LogP contribution >= 0.6 is 0 Å². The number of fused-ring (bicyclic) bond motifs is 2. The van der Waals surface area contributed by atoms with Gasteiger partial charge in [-0.05, 0) is 24.8 Å². The summed E-state index contributed by atoms with van der Waals surface area (Å²) in [6, 6.07) is 0. The number of hydrogen-bond acceptors (Lipinski definition) is 4. The van der Waals surface area contributed by atoms with Crippen molar-refractivity contribution >= 4 is 12.2 Å². The largest absolute Gasteiger partial charge is 0.454 e. The molecule has 0 spiro atoms. The van der Waals surface area contributed by atoms with Crippen LogP contribution in [-0.2, 0) is 14.3 Å². The van der Waals surface area contributed by atoms with E-state index in [1.807, 2.05) is 12.4 Å². The van der Waals surface area contributed by atoms with Crippen LogP contribution in [0, 0.1) is 5.92 Å². The van der Waals surface area contributed by atoms with E-state index in [2.05, 4.69) is 11.6 Å². The van der Waals surface area contributed by atoms with Crippen LogP contribution in [0.15, 0.2) is 29.4 Å². The van der Waals surface area contributed by atoms with Crippen LogP contribution in [0.25, 0.3) is 0 Å². The third-order valence-electron chi connectivity index (χ3n) is 3.92. The number of carbonyl (C=O) groups is 1. The monoisotopic (exact) mass is 247 g/mol. The van der Waals surface area contributed by atoms with Crippen molar-refractivity contribution in [2.45, 2.75) is 44.0 Å². The minimum Gasteiger partial charge on any atom is -0.454 e. The number of aliphatic imine (C=N–C) groups is 1. The van der Waals surface area contributed by atoms with E-state index in [1.54, 1.807) is 0 Å². The maximum absolute atomic E-state index is 11.5. The van der Waals surface area contributed by atoms with Crippen LogP contribution < -0.4 is 0 Å². The molecule has 4 nitrogen and oxygen atoms in total. The summed E-state index contributed by atoms with van der Waals surface area (Å²) in [5.74, 6) is 0.00677. The van der Waals surface area contributed by atoms with Gasteiger partial charge in [-0.3, -0.25) is 4.99 Å². The number of ether oxygens (including phenoxy) is 2. The molecular weight excluding hydrogens is 230 g/mol. The minimum absolute atomic E-state index is 0.160. The lowest BCUT2D eigenvalue weighted by atomic mass is 9.76. The molecule has 0 amide bonds. The fourth-order valence-corrected chi connectivity index (χ4v) is 3.07. The zero-order valence-electron chi connectivity index (χ0n) is 10.2. The summed E-state index contributed by atoms with van der Waals surface area (Å²) in [6.45, 7) is 3.46. The Balaban J connectivity index is 1.72. The molecular formula is C14H17NO3. The molecule has 4 rings (SSSR count). The van der Waals surface area contributed by atoms with Crippen LogP contribution in [0.1, 0.15) is 25.7 Å². The Kier molecular flexibility index (Phi) is 3.04. The number of nitrogens with zero attached hydrogens (tertiary/aromatic N) is 1. The first-order chi connectivity index (χ1) is 8.76. The normalized spacial score (nSPS) is 34.4. The van der Waals surface area contributed by atoms with E-state index in [4.69, 9.17) is 9.47 Å². The Morgan fingerprint density at radius 3 is 2.78 bits per heavy atom. The molecule has 4 aliphatic rings. The van der Waals surface area contributed by atoms with Gasteiger partial charge in [-0.15, -0.1) is 0 Å². The van der Waals surface area contributed by atoms with E-state index in [0.29, 0.717) is 18.1 Å². The summed E-state index contributed by atoms with van der Waals surface area (Å²) in [6.07, 6.45) is 9.35. The SMILES string of the molecule is C=CC(=O)OC(C1=CN=CC1)C1CC2CC(C1)O2. The molecule has 1 aliphatic carbocycles. The quantitative estimate of drug-likeness (QED) is 0.564. The second-order valence-electron chi connectivity index (χ2n) is 5.15. The molecule has 18 heavy (non-hydrogen) atoms. The Morgan fingerprint density at radius 2 is 2.22 bits per heavy atom. The maximum atomic E-state index is 11.5. The van der Waals surface area contributed by atoms with Crippen LogP contribution in [0.2, 0.25) is 0 Å². The van der Waals surface area contributed by atoms with Gasteiger partial charge in [-0.25, -0.2) is 4.79 Å². The summed E-state index contributed by atoms with van der Waals surface area (Å²) < 4.78 is 11.2. The molecule has 0 aromatic heterocycles. The molecule has 2 bridgehead atoms. The van der Waals surface area contributed by atoms with E-state index in [9.17, 15) is 4.79 Å². The fraction of sp³-hybridized carbons (Fsp3) is 0.571. The third-order valence-corrected chi connectivity index (χ3v) is 3.92. The molecule has 3 heterocycles. The first kappa shape index (κ1) is 11.7. The molecule has 4 heteroatoms. The highest BCUT2D eigenvalue weighted by Crippen LogP contribution is 2.42. The van der Waals surface area contributed by atoms with Crippen molar-refractivity contribution in [3.63, 3.8) is 0 Å². The fourth-order valence-electron chi connectivity index (χ4n) is 3.07. The second-order valence-corrected chi connectivity index (χ2v) is 5.15. The van der Waals surface area contributed by atoms with E-state index < -0.39 is 0 Å². The molecule has 0 radical (unpaired) electrons. The van der Waals surface area contributed by atoms with Gasteiger partial charge in [0, 0.05) is 30.8 Å². The Hall–Kier alpha value is -1.42. The summed E-state index contributed by atoms with van der Waals surface area (Å²) >= 11 is 0. The molecule has 3 aliphatic heterocycles. The van der Waals surface area contributed by atoms with Crippen molar-refractivity contribution in [2.24, 2.45) is 10.9 Å². The van der Waals surface area contributed by atoms with Crippen LogP contribution in [0.3, 0.4) is 0 Å². The number of esters is 1. The molecule has 0 aromatic rings. The zero-order valence-corrected chi connectivity index (χ0v) is 10.2. The Morgan fingerprint density at radius 1 is 1.50 bits per heavy atom. The average Bonchev–Trinajstić information content (AvgIpc) is 2.88. The van der Waals surface area contributed by atoms with Gasteiger partial charge in [0.1, 0.15) is 6.10 Å². The lowest BCUT2D eigenvalue weighted by molar-refractivity contribution is -0.188. The van der Waals surface area contributed by atoms with Crippen molar-refractivity contribution in [1.29, 1.82) is 0 Å². The Bertz CT molecular complexity index is 411. The van der Waals surface area contributed by atoms with Crippen molar-refractivity contribution in [3.8, 4) is 0 Å². The summed E-state index contributed by atoms with van der Waals surface area (Å²) in [5, 5.41) is 0. The first-order valence-electron chi connectivity index (χ1n) is 6.45. The summed E-state index contributed by atoms with van der Waals surface area (Å²) in [4.78, 5) is 15.6. The average molecular weight is 247 g/mol. The summed E-state index contributed by atoms with van der Waals surface area (Å²) in [5.41, 5.74) is 1.09. The lowest BCUT2D eigenvalue weighted by Gasteiger charge is -2.47. The number of hydrogen-bond donors (Lipinski definition) is 0. The molecule has 1 saturated carbocycles. The van der Waals surface area contributed by atoms with Gasteiger partial charge >= 0.3 is 5.97 Å². The zero-order chi connectivity index (χ0) is 12.5. The van der Waals surface area contributed by atoms with Crippen molar-refractivity contribution < 1.29 is 14.3 Å². The standard InChI is InChI=1S/C14H17NO3/c1-2-13(16)18-14(9-3-4-15-8-9)10-5-11-7-12(6-10)17-11/h2,4,8,10-12,14H,1,3,5-7H2. The van der Waals surface area contributed by atoms with E-state index in [1.165, 1.54) is 6.08 Å². The lowest BCUT2D eigenvalue weighted by Crippen LogP contribution is -2.49. The van der Waals surface area contributed by atoms with E-state index in [0.717, 1.165) is 31.3 Å². The van der Waals surface area contributed by atoms with E-state index in [-0.39, 0.29) is 12.1 Å². The maximum Gasteiger partial charge on any atom is 0.330 e.